The Morgan fingerprint density at radius 3 is 3.29 bits per heavy atom. The summed E-state index contributed by atoms with van der Waals surface area (Å²) in [5.41, 5.74) is 6.42. The van der Waals surface area contributed by atoms with Crippen molar-refractivity contribution in [3.63, 3.8) is 0 Å². The number of nitrogens with one attached hydrogen (secondary N) is 1. The van der Waals surface area contributed by atoms with E-state index in [1.165, 1.54) is 12.2 Å². The normalized spacial score (nSPS) is 35.2. The monoisotopic (exact) mass is 253 g/mol. The third-order valence-electron chi connectivity index (χ3n) is 3.94. The summed E-state index contributed by atoms with van der Waals surface area (Å²) in [7, 11) is 0. The molecule has 1 aromatic heterocycles. The quantitative estimate of drug-likeness (QED) is 0.842. The molecule has 3 heterocycles. The first-order valence-electron chi connectivity index (χ1n) is 6.26. The van der Waals surface area contributed by atoms with Gasteiger partial charge in [0, 0.05) is 24.8 Å². The van der Waals surface area contributed by atoms with Crippen LogP contribution in [0.3, 0.4) is 0 Å². The lowest BCUT2D eigenvalue weighted by molar-refractivity contribution is -0.0837. The minimum absolute atomic E-state index is 0.0244. The Morgan fingerprint density at radius 2 is 2.59 bits per heavy atom. The van der Waals surface area contributed by atoms with Crippen LogP contribution in [0.15, 0.2) is 12.4 Å². The maximum absolute atomic E-state index is 6.31. The second kappa shape index (κ2) is 4.63. The van der Waals surface area contributed by atoms with Crippen LogP contribution >= 0.6 is 11.8 Å². The van der Waals surface area contributed by atoms with Gasteiger partial charge in [-0.25, -0.2) is 4.98 Å². The molecule has 2 fully saturated rings. The summed E-state index contributed by atoms with van der Waals surface area (Å²) in [6, 6.07) is 0.0244. The molecule has 0 bridgehead atoms. The number of imidazole rings is 1. The average Bonchev–Trinajstić information content (AvgIpc) is 3.00. The molecule has 2 aliphatic rings. The van der Waals surface area contributed by atoms with Crippen molar-refractivity contribution in [2.75, 3.05) is 18.1 Å². The van der Waals surface area contributed by atoms with Gasteiger partial charge in [-0.15, -0.1) is 0 Å². The second-order valence-electron chi connectivity index (χ2n) is 5.09. The molecule has 2 aliphatic heterocycles. The standard InChI is InChI=1S/C12H19N3OS/c13-10(11-14-3-4-15-11)9-1-5-16-12(7-9)2-6-17-8-12/h3-4,9-10H,1-2,5-8,13H2,(H,14,15). The molecule has 17 heavy (non-hydrogen) atoms. The third kappa shape index (κ3) is 2.23. The summed E-state index contributed by atoms with van der Waals surface area (Å²) in [5.74, 6) is 3.77. The van der Waals surface area contributed by atoms with Gasteiger partial charge in [0.2, 0.25) is 0 Å². The van der Waals surface area contributed by atoms with Gasteiger partial charge in [-0.2, -0.15) is 11.8 Å². The van der Waals surface area contributed by atoms with E-state index in [1.807, 2.05) is 18.0 Å². The minimum Gasteiger partial charge on any atom is -0.374 e. The van der Waals surface area contributed by atoms with Gasteiger partial charge < -0.3 is 15.5 Å². The summed E-state index contributed by atoms with van der Waals surface area (Å²) in [6.45, 7) is 0.847. The van der Waals surface area contributed by atoms with E-state index in [-0.39, 0.29) is 11.6 Å². The first-order chi connectivity index (χ1) is 8.29. The number of ether oxygens (including phenoxy) is 1. The summed E-state index contributed by atoms with van der Waals surface area (Å²) >= 11 is 2.00. The van der Waals surface area contributed by atoms with E-state index >= 15 is 0 Å². The largest absolute Gasteiger partial charge is 0.374 e. The molecule has 1 aromatic rings. The van der Waals surface area contributed by atoms with E-state index in [0.29, 0.717) is 5.92 Å². The Morgan fingerprint density at radius 1 is 1.65 bits per heavy atom. The van der Waals surface area contributed by atoms with Gasteiger partial charge in [-0.1, -0.05) is 0 Å². The van der Waals surface area contributed by atoms with Crippen molar-refractivity contribution in [2.45, 2.75) is 30.9 Å². The maximum atomic E-state index is 6.31. The van der Waals surface area contributed by atoms with E-state index < -0.39 is 0 Å². The summed E-state index contributed by atoms with van der Waals surface area (Å²) in [5, 5.41) is 0. The molecule has 3 atom stereocenters. The predicted molar refractivity (Wildman–Crippen MR) is 68.9 cm³/mol. The van der Waals surface area contributed by atoms with E-state index in [4.69, 9.17) is 10.5 Å². The lowest BCUT2D eigenvalue weighted by Gasteiger charge is -2.39. The highest BCUT2D eigenvalue weighted by atomic mass is 32.2. The van der Waals surface area contributed by atoms with Crippen molar-refractivity contribution >= 4 is 11.8 Å². The predicted octanol–water partition coefficient (Wildman–Crippen LogP) is 1.71. The number of rotatable bonds is 2. The van der Waals surface area contributed by atoms with Crippen LogP contribution in [0.1, 0.15) is 31.1 Å². The molecular weight excluding hydrogens is 234 g/mol. The topological polar surface area (TPSA) is 63.9 Å². The van der Waals surface area contributed by atoms with E-state index in [2.05, 4.69) is 9.97 Å². The van der Waals surface area contributed by atoms with Crippen molar-refractivity contribution < 1.29 is 4.74 Å². The summed E-state index contributed by atoms with van der Waals surface area (Å²) in [4.78, 5) is 7.41. The maximum Gasteiger partial charge on any atom is 0.123 e. The number of nitrogens with zero attached hydrogens (tertiary/aromatic N) is 1. The van der Waals surface area contributed by atoms with Gasteiger partial charge in [0.25, 0.3) is 0 Å². The Balaban J connectivity index is 1.71. The molecule has 0 aliphatic carbocycles. The number of nitrogens with two attached hydrogens (primary N) is 1. The number of aromatic amines is 1. The lowest BCUT2D eigenvalue weighted by Crippen LogP contribution is -2.43. The number of H-pyrrole nitrogens is 1. The van der Waals surface area contributed by atoms with Crippen molar-refractivity contribution in [3.05, 3.63) is 18.2 Å². The molecule has 0 saturated carbocycles. The molecule has 3 unspecified atom stereocenters. The van der Waals surface area contributed by atoms with Crippen molar-refractivity contribution in [3.8, 4) is 0 Å². The van der Waals surface area contributed by atoms with Gasteiger partial charge in [0.15, 0.2) is 0 Å². The molecule has 3 N–H and O–H groups in total. The fourth-order valence-electron chi connectivity index (χ4n) is 2.92. The molecule has 2 saturated heterocycles. The molecule has 0 amide bonds. The van der Waals surface area contributed by atoms with Crippen LogP contribution in [-0.2, 0) is 4.74 Å². The van der Waals surface area contributed by atoms with Crippen LogP contribution < -0.4 is 5.73 Å². The summed E-state index contributed by atoms with van der Waals surface area (Å²) < 4.78 is 6.02. The molecule has 0 aromatic carbocycles. The van der Waals surface area contributed by atoms with Crippen LogP contribution in [-0.4, -0.2) is 33.7 Å². The van der Waals surface area contributed by atoms with Crippen LogP contribution in [0, 0.1) is 5.92 Å². The van der Waals surface area contributed by atoms with Crippen LogP contribution in [0.25, 0.3) is 0 Å². The van der Waals surface area contributed by atoms with E-state index in [1.54, 1.807) is 6.20 Å². The van der Waals surface area contributed by atoms with Crippen LogP contribution in [0.2, 0.25) is 0 Å². The highest BCUT2D eigenvalue weighted by Crippen LogP contribution is 2.42. The van der Waals surface area contributed by atoms with Crippen molar-refractivity contribution in [2.24, 2.45) is 11.7 Å². The zero-order chi connectivity index (χ0) is 11.7. The fourth-order valence-corrected chi connectivity index (χ4v) is 4.30. The molecule has 4 nitrogen and oxygen atoms in total. The van der Waals surface area contributed by atoms with Crippen molar-refractivity contribution in [1.29, 1.82) is 0 Å². The molecular formula is C12H19N3OS. The Kier molecular flexibility index (Phi) is 3.15. The third-order valence-corrected chi connectivity index (χ3v) is 5.16. The molecule has 3 rings (SSSR count). The SMILES string of the molecule is NC(c1ncc[nH]1)C1CCOC2(CCSC2)C1. The molecule has 0 radical (unpaired) electrons. The smallest absolute Gasteiger partial charge is 0.123 e. The van der Waals surface area contributed by atoms with E-state index in [9.17, 15) is 0 Å². The van der Waals surface area contributed by atoms with E-state index in [0.717, 1.165) is 31.0 Å². The first-order valence-corrected chi connectivity index (χ1v) is 7.41. The average molecular weight is 253 g/mol. The Labute approximate surface area is 106 Å². The van der Waals surface area contributed by atoms with Gasteiger partial charge in [0.1, 0.15) is 5.82 Å². The Bertz CT molecular complexity index is 362. The van der Waals surface area contributed by atoms with Crippen LogP contribution in [0.4, 0.5) is 0 Å². The van der Waals surface area contributed by atoms with Gasteiger partial charge >= 0.3 is 0 Å². The number of hydrogen-bond donors (Lipinski definition) is 2. The second-order valence-corrected chi connectivity index (χ2v) is 6.19. The van der Waals surface area contributed by atoms with Crippen LogP contribution in [0.5, 0.6) is 0 Å². The molecule has 1 spiro atoms. The number of hydrogen-bond acceptors (Lipinski definition) is 4. The first kappa shape index (κ1) is 11.6. The zero-order valence-electron chi connectivity index (χ0n) is 9.89. The molecule has 94 valence electrons. The molecule has 5 heteroatoms. The van der Waals surface area contributed by atoms with Crippen molar-refractivity contribution in [1.82, 2.24) is 9.97 Å². The lowest BCUT2D eigenvalue weighted by atomic mass is 9.81. The van der Waals surface area contributed by atoms with Gasteiger partial charge in [-0.3, -0.25) is 0 Å². The summed E-state index contributed by atoms with van der Waals surface area (Å²) in [6.07, 6.45) is 6.93. The number of aromatic nitrogens is 2. The fraction of sp³-hybridized carbons (Fsp3) is 0.750. The minimum atomic E-state index is 0.0244. The van der Waals surface area contributed by atoms with Gasteiger partial charge in [-0.05, 0) is 30.9 Å². The highest BCUT2D eigenvalue weighted by molar-refractivity contribution is 7.99. The highest BCUT2D eigenvalue weighted by Gasteiger charge is 2.42. The zero-order valence-corrected chi connectivity index (χ0v) is 10.7. The number of thioether (sulfide) groups is 1. The van der Waals surface area contributed by atoms with Gasteiger partial charge in [0.05, 0.1) is 11.6 Å². The Hall–Kier alpha value is -0.520.